The van der Waals surface area contributed by atoms with Gasteiger partial charge in [0.15, 0.2) is 5.78 Å². The largest absolute Gasteiger partial charge is 0.512 e. The number of aliphatic hydroxyl groups excluding tert-OH is 1. The van der Waals surface area contributed by atoms with Crippen molar-refractivity contribution >= 4 is 5.78 Å². The summed E-state index contributed by atoms with van der Waals surface area (Å²) in [7, 11) is 0. The number of rotatable bonds is 7. The highest BCUT2D eigenvalue weighted by molar-refractivity contribution is 5.90. The molecule has 1 atom stereocenters. The van der Waals surface area contributed by atoms with Crippen LogP contribution in [-0.4, -0.2) is 16.6 Å². The lowest BCUT2D eigenvalue weighted by Gasteiger charge is -2.22. The van der Waals surface area contributed by atoms with Gasteiger partial charge in [-0.05, 0) is 32.6 Å². The molecule has 0 amide bonds. The Balaban J connectivity index is 2.53. The van der Waals surface area contributed by atoms with E-state index in [4.69, 9.17) is 0 Å². The van der Waals surface area contributed by atoms with Gasteiger partial charge in [-0.1, -0.05) is 39.0 Å². The molecule has 2 nitrogen and oxygen atoms in total. The van der Waals surface area contributed by atoms with Gasteiger partial charge < -0.3 is 5.11 Å². The third-order valence-corrected chi connectivity index (χ3v) is 4.17. The Hall–Kier alpha value is -0.860. The van der Waals surface area contributed by atoms with Crippen molar-refractivity contribution in [2.75, 3.05) is 0 Å². The minimum absolute atomic E-state index is 0.00971. The molecule has 1 saturated carbocycles. The fourth-order valence-electron chi connectivity index (χ4n) is 3.06. The molecule has 20 heavy (non-hydrogen) atoms. The molecule has 0 heterocycles. The fraction of sp³-hybridized carbons (Fsp3) is 0.824. The van der Waals surface area contributed by atoms with E-state index >= 15 is 0 Å². The number of halogens is 1. The number of allylic oxidation sites excluding steroid dienone is 2. The maximum Gasteiger partial charge on any atom is 0.159 e. The number of hydrogen-bond donors (Lipinski definition) is 1. The van der Waals surface area contributed by atoms with E-state index in [2.05, 4.69) is 0 Å². The van der Waals surface area contributed by atoms with Gasteiger partial charge in [0.2, 0.25) is 0 Å². The van der Waals surface area contributed by atoms with Crippen LogP contribution in [0.4, 0.5) is 4.39 Å². The second-order valence-electron chi connectivity index (χ2n) is 6.77. The molecule has 0 bridgehead atoms. The van der Waals surface area contributed by atoms with Crippen molar-refractivity contribution in [2.24, 2.45) is 11.8 Å². The molecule has 0 aromatic rings. The average molecular weight is 284 g/mol. The molecule has 1 aliphatic rings. The molecule has 0 aromatic heterocycles. The fourth-order valence-corrected chi connectivity index (χ4v) is 3.06. The van der Waals surface area contributed by atoms with E-state index in [0.29, 0.717) is 18.8 Å². The summed E-state index contributed by atoms with van der Waals surface area (Å²) in [5.41, 5.74) is -1.32. The van der Waals surface area contributed by atoms with E-state index < -0.39 is 5.67 Å². The highest BCUT2D eigenvalue weighted by Gasteiger charge is 2.24. The summed E-state index contributed by atoms with van der Waals surface area (Å²) in [5, 5.41) is 10.0. The monoisotopic (exact) mass is 284 g/mol. The zero-order valence-corrected chi connectivity index (χ0v) is 13.1. The maximum absolute atomic E-state index is 13.7. The Kier molecular flexibility index (Phi) is 6.70. The van der Waals surface area contributed by atoms with Crippen molar-refractivity contribution in [1.29, 1.82) is 0 Å². The lowest BCUT2D eigenvalue weighted by atomic mass is 9.85. The Morgan fingerprint density at radius 1 is 1.35 bits per heavy atom. The predicted molar refractivity (Wildman–Crippen MR) is 80.5 cm³/mol. The van der Waals surface area contributed by atoms with Crippen LogP contribution in [0.2, 0.25) is 0 Å². The SMILES string of the molecule is CCC(CC(C)(C)F)/C(O)=C/C(=O)CC1CCCCC1. The lowest BCUT2D eigenvalue weighted by Crippen LogP contribution is -2.20. The molecule has 3 heteroatoms. The van der Waals surface area contributed by atoms with Crippen LogP contribution in [-0.2, 0) is 4.79 Å². The van der Waals surface area contributed by atoms with Crippen molar-refractivity contribution in [2.45, 2.75) is 77.8 Å². The maximum atomic E-state index is 13.7. The van der Waals surface area contributed by atoms with Crippen LogP contribution in [0.15, 0.2) is 11.8 Å². The van der Waals surface area contributed by atoms with E-state index in [-0.39, 0.29) is 23.9 Å². The van der Waals surface area contributed by atoms with Gasteiger partial charge in [0.1, 0.15) is 5.67 Å². The summed E-state index contributed by atoms with van der Waals surface area (Å²) in [6.07, 6.45) is 8.70. The van der Waals surface area contributed by atoms with Crippen LogP contribution in [0.5, 0.6) is 0 Å². The highest BCUT2D eigenvalue weighted by atomic mass is 19.1. The summed E-state index contributed by atoms with van der Waals surface area (Å²) in [4.78, 5) is 12.0. The molecule has 1 fully saturated rings. The van der Waals surface area contributed by atoms with E-state index in [0.717, 1.165) is 12.8 Å². The summed E-state index contributed by atoms with van der Waals surface area (Å²) in [6.45, 7) is 4.92. The summed E-state index contributed by atoms with van der Waals surface area (Å²) in [5.74, 6) is 0.256. The van der Waals surface area contributed by atoms with E-state index in [1.807, 2.05) is 6.92 Å². The molecular weight excluding hydrogens is 255 g/mol. The molecule has 1 N–H and O–H groups in total. The van der Waals surface area contributed by atoms with Crippen molar-refractivity contribution < 1.29 is 14.3 Å². The molecule has 0 saturated heterocycles. The average Bonchev–Trinajstić information content (AvgIpc) is 2.35. The second-order valence-corrected chi connectivity index (χ2v) is 6.77. The number of ketones is 1. The first-order valence-corrected chi connectivity index (χ1v) is 7.94. The van der Waals surface area contributed by atoms with Gasteiger partial charge in [0.05, 0.1) is 5.76 Å². The van der Waals surface area contributed by atoms with Crippen LogP contribution >= 0.6 is 0 Å². The zero-order valence-electron chi connectivity index (χ0n) is 13.1. The van der Waals surface area contributed by atoms with E-state index in [9.17, 15) is 14.3 Å². The van der Waals surface area contributed by atoms with Gasteiger partial charge in [-0.3, -0.25) is 4.79 Å². The van der Waals surface area contributed by atoms with Gasteiger partial charge in [-0.15, -0.1) is 0 Å². The van der Waals surface area contributed by atoms with E-state index in [1.54, 1.807) is 0 Å². The second kappa shape index (κ2) is 7.80. The quantitative estimate of drug-likeness (QED) is 0.519. The van der Waals surface area contributed by atoms with Gasteiger partial charge >= 0.3 is 0 Å². The third-order valence-electron chi connectivity index (χ3n) is 4.17. The van der Waals surface area contributed by atoms with Crippen molar-refractivity contribution in [3.05, 3.63) is 11.8 Å². The minimum atomic E-state index is -1.32. The Labute approximate surface area is 122 Å². The van der Waals surface area contributed by atoms with Gasteiger partial charge in [-0.25, -0.2) is 4.39 Å². The molecule has 1 aliphatic carbocycles. The molecule has 0 aliphatic heterocycles. The van der Waals surface area contributed by atoms with Crippen LogP contribution < -0.4 is 0 Å². The van der Waals surface area contributed by atoms with Crippen molar-refractivity contribution in [3.63, 3.8) is 0 Å². The number of carbonyl (C=O) groups is 1. The number of aliphatic hydroxyl groups is 1. The Morgan fingerprint density at radius 3 is 2.45 bits per heavy atom. The predicted octanol–water partition coefficient (Wildman–Crippen LogP) is 5.13. The minimum Gasteiger partial charge on any atom is -0.512 e. The topological polar surface area (TPSA) is 37.3 Å². The van der Waals surface area contributed by atoms with Gasteiger partial charge in [-0.2, -0.15) is 0 Å². The normalized spacial score (nSPS) is 19.9. The third kappa shape index (κ3) is 6.53. The first kappa shape index (κ1) is 17.2. The van der Waals surface area contributed by atoms with Crippen LogP contribution in [0.3, 0.4) is 0 Å². The Bertz CT molecular complexity index is 335. The summed E-state index contributed by atoms with van der Waals surface area (Å²) < 4.78 is 13.7. The smallest absolute Gasteiger partial charge is 0.159 e. The van der Waals surface area contributed by atoms with E-state index in [1.165, 1.54) is 39.2 Å². The zero-order chi connectivity index (χ0) is 15.2. The van der Waals surface area contributed by atoms with Gasteiger partial charge in [0.25, 0.3) is 0 Å². The first-order valence-electron chi connectivity index (χ1n) is 7.94. The lowest BCUT2D eigenvalue weighted by molar-refractivity contribution is -0.115. The van der Waals surface area contributed by atoms with Crippen LogP contribution in [0, 0.1) is 11.8 Å². The molecule has 1 rings (SSSR count). The Morgan fingerprint density at radius 2 is 1.95 bits per heavy atom. The standard InChI is InChI=1S/C17H29FO2/c1-4-14(12-17(2,3)18)16(20)11-15(19)10-13-8-6-5-7-9-13/h11,13-14,20H,4-10,12H2,1-3H3/b16-11-. The molecular formula is C17H29FO2. The molecule has 1 unspecified atom stereocenters. The number of carbonyl (C=O) groups excluding carboxylic acids is 1. The van der Waals surface area contributed by atoms with Crippen molar-refractivity contribution in [3.8, 4) is 0 Å². The summed E-state index contributed by atoms with van der Waals surface area (Å²) in [6, 6.07) is 0. The number of alkyl halides is 1. The van der Waals surface area contributed by atoms with Crippen LogP contribution in [0.25, 0.3) is 0 Å². The molecule has 0 spiro atoms. The summed E-state index contributed by atoms with van der Waals surface area (Å²) >= 11 is 0. The van der Waals surface area contributed by atoms with Crippen LogP contribution in [0.1, 0.15) is 72.1 Å². The van der Waals surface area contributed by atoms with Crippen molar-refractivity contribution in [1.82, 2.24) is 0 Å². The molecule has 0 aromatic carbocycles. The van der Waals surface area contributed by atoms with Gasteiger partial charge in [0, 0.05) is 18.4 Å². The number of hydrogen-bond acceptors (Lipinski definition) is 2. The molecule has 0 radical (unpaired) electrons. The highest BCUT2D eigenvalue weighted by Crippen LogP contribution is 2.29. The first-order chi connectivity index (χ1) is 9.31. The molecule has 116 valence electrons.